The van der Waals surface area contributed by atoms with Crippen LogP contribution in [0, 0.1) is 0 Å². The second kappa shape index (κ2) is 5.27. The molecule has 0 bridgehead atoms. The zero-order valence-corrected chi connectivity index (χ0v) is 12.8. The summed E-state index contributed by atoms with van der Waals surface area (Å²) in [5.74, 6) is 0. The van der Waals surface area contributed by atoms with E-state index in [9.17, 15) is 4.79 Å². The zero-order chi connectivity index (χ0) is 14.2. The molecule has 0 aliphatic carbocycles. The van der Waals surface area contributed by atoms with Crippen LogP contribution in [-0.2, 0) is 10.3 Å². The van der Waals surface area contributed by atoms with Crippen molar-refractivity contribution in [1.82, 2.24) is 14.7 Å². The van der Waals surface area contributed by atoms with Gasteiger partial charge in [0, 0.05) is 30.0 Å². The van der Waals surface area contributed by atoms with Gasteiger partial charge in [-0.05, 0) is 34.5 Å². The lowest BCUT2D eigenvalue weighted by atomic mass is 9.91. The summed E-state index contributed by atoms with van der Waals surface area (Å²) in [7, 11) is 0. The van der Waals surface area contributed by atoms with Crippen LogP contribution in [0.15, 0.2) is 33.8 Å². The number of halogens is 1. The maximum absolute atomic E-state index is 12.7. The quantitative estimate of drug-likeness (QED) is 0.905. The fraction of sp³-hybridized carbons (Fsp3) is 0.429. The molecule has 0 aromatic carbocycles. The van der Waals surface area contributed by atoms with Gasteiger partial charge in [-0.25, -0.2) is 4.98 Å². The Bertz CT molecular complexity index is 692. The van der Waals surface area contributed by atoms with Crippen molar-refractivity contribution in [2.24, 2.45) is 0 Å². The molecule has 1 aliphatic heterocycles. The van der Waals surface area contributed by atoms with Gasteiger partial charge in [0.15, 0.2) is 0 Å². The summed E-state index contributed by atoms with van der Waals surface area (Å²) in [4.78, 5) is 17.1. The minimum Gasteiger partial charge on any atom is -0.367 e. The van der Waals surface area contributed by atoms with Crippen molar-refractivity contribution in [3.05, 3.63) is 44.9 Å². The number of aromatic nitrogens is 2. The average Bonchev–Trinajstić information content (AvgIpc) is 2.49. The third-order valence-electron chi connectivity index (χ3n) is 3.80. The molecule has 1 atom stereocenters. The predicted octanol–water partition coefficient (Wildman–Crippen LogP) is 1.68. The van der Waals surface area contributed by atoms with E-state index in [1.54, 1.807) is 16.8 Å². The standard InChI is InChI=1S/C14H16BrN3O2/c1-2-14(9-16-5-6-20-14)11-7-17-12-4-3-10(15)8-18(12)13(11)19/h3-4,7-8,16H,2,5-6,9H2,1H3. The van der Waals surface area contributed by atoms with E-state index in [0.29, 0.717) is 24.4 Å². The molecule has 1 aliphatic rings. The first-order valence-corrected chi connectivity index (χ1v) is 7.48. The first kappa shape index (κ1) is 13.7. The molecule has 1 unspecified atom stereocenters. The number of ether oxygens (including phenoxy) is 1. The highest BCUT2D eigenvalue weighted by molar-refractivity contribution is 9.10. The molecule has 5 nitrogen and oxygen atoms in total. The smallest absolute Gasteiger partial charge is 0.264 e. The number of rotatable bonds is 2. The Morgan fingerprint density at radius 2 is 2.40 bits per heavy atom. The van der Waals surface area contributed by atoms with Gasteiger partial charge in [-0.2, -0.15) is 0 Å². The Kier molecular flexibility index (Phi) is 3.62. The highest BCUT2D eigenvalue weighted by atomic mass is 79.9. The first-order valence-electron chi connectivity index (χ1n) is 6.68. The molecule has 0 spiro atoms. The summed E-state index contributed by atoms with van der Waals surface area (Å²) in [5, 5.41) is 3.30. The van der Waals surface area contributed by atoms with Crippen molar-refractivity contribution in [3.63, 3.8) is 0 Å². The second-order valence-electron chi connectivity index (χ2n) is 4.93. The third-order valence-corrected chi connectivity index (χ3v) is 4.26. The van der Waals surface area contributed by atoms with Crippen molar-refractivity contribution < 1.29 is 4.74 Å². The van der Waals surface area contributed by atoms with Gasteiger partial charge >= 0.3 is 0 Å². The fourth-order valence-electron chi connectivity index (χ4n) is 2.61. The van der Waals surface area contributed by atoms with Gasteiger partial charge in [-0.1, -0.05) is 6.92 Å². The molecule has 3 rings (SSSR count). The lowest BCUT2D eigenvalue weighted by molar-refractivity contribution is -0.0749. The summed E-state index contributed by atoms with van der Waals surface area (Å²) in [5.41, 5.74) is 0.605. The number of hydrogen-bond acceptors (Lipinski definition) is 4. The number of nitrogens with zero attached hydrogens (tertiary/aromatic N) is 2. The summed E-state index contributed by atoms with van der Waals surface area (Å²) in [6.45, 7) is 4.09. The van der Waals surface area contributed by atoms with Gasteiger partial charge in [0.05, 0.1) is 12.2 Å². The number of morpholine rings is 1. The summed E-state index contributed by atoms with van der Waals surface area (Å²) in [6.07, 6.45) is 4.13. The highest BCUT2D eigenvalue weighted by Gasteiger charge is 2.36. The molecule has 106 valence electrons. The molecule has 2 aromatic heterocycles. The van der Waals surface area contributed by atoms with Crippen LogP contribution in [-0.4, -0.2) is 29.1 Å². The van der Waals surface area contributed by atoms with Crippen LogP contribution in [0.1, 0.15) is 18.9 Å². The van der Waals surface area contributed by atoms with Gasteiger partial charge in [0.2, 0.25) is 0 Å². The van der Waals surface area contributed by atoms with Crippen molar-refractivity contribution in [3.8, 4) is 0 Å². The van der Waals surface area contributed by atoms with Gasteiger partial charge in [0.25, 0.3) is 5.56 Å². The van der Waals surface area contributed by atoms with Crippen LogP contribution < -0.4 is 10.9 Å². The Balaban J connectivity index is 2.20. The summed E-state index contributed by atoms with van der Waals surface area (Å²) < 4.78 is 8.34. The van der Waals surface area contributed by atoms with E-state index < -0.39 is 5.60 Å². The lowest BCUT2D eigenvalue weighted by Crippen LogP contribution is -2.50. The first-order chi connectivity index (χ1) is 9.66. The molecule has 0 radical (unpaired) electrons. The topological polar surface area (TPSA) is 55.6 Å². The largest absolute Gasteiger partial charge is 0.367 e. The maximum atomic E-state index is 12.7. The Morgan fingerprint density at radius 1 is 1.55 bits per heavy atom. The van der Waals surface area contributed by atoms with Crippen molar-refractivity contribution in [1.29, 1.82) is 0 Å². The molecular formula is C14H16BrN3O2. The van der Waals surface area contributed by atoms with Crippen LogP contribution in [0.2, 0.25) is 0 Å². The summed E-state index contributed by atoms with van der Waals surface area (Å²) >= 11 is 3.39. The molecule has 1 N–H and O–H groups in total. The number of hydrogen-bond donors (Lipinski definition) is 1. The number of nitrogens with one attached hydrogen (secondary N) is 1. The maximum Gasteiger partial charge on any atom is 0.264 e. The van der Waals surface area contributed by atoms with Crippen LogP contribution in [0.3, 0.4) is 0 Å². The van der Waals surface area contributed by atoms with E-state index in [4.69, 9.17) is 4.74 Å². The molecule has 20 heavy (non-hydrogen) atoms. The molecular weight excluding hydrogens is 322 g/mol. The second-order valence-corrected chi connectivity index (χ2v) is 5.84. The normalized spacial score (nSPS) is 23.1. The average molecular weight is 338 g/mol. The van der Waals surface area contributed by atoms with Crippen molar-refractivity contribution in [2.75, 3.05) is 19.7 Å². The van der Waals surface area contributed by atoms with E-state index in [0.717, 1.165) is 17.4 Å². The van der Waals surface area contributed by atoms with Gasteiger partial charge < -0.3 is 10.1 Å². The Labute approximate surface area is 125 Å². The lowest BCUT2D eigenvalue weighted by Gasteiger charge is -2.36. The minimum absolute atomic E-state index is 0.0677. The Hall–Kier alpha value is -1.24. The molecule has 1 saturated heterocycles. The van der Waals surface area contributed by atoms with Crippen molar-refractivity contribution in [2.45, 2.75) is 18.9 Å². The van der Waals surface area contributed by atoms with E-state index in [-0.39, 0.29) is 5.56 Å². The van der Waals surface area contributed by atoms with Crippen molar-refractivity contribution >= 4 is 21.6 Å². The van der Waals surface area contributed by atoms with Gasteiger partial charge in [-0.3, -0.25) is 9.20 Å². The van der Waals surface area contributed by atoms with Gasteiger partial charge in [0.1, 0.15) is 11.2 Å². The SMILES string of the molecule is CCC1(c2cnc3ccc(Br)cn3c2=O)CNCCO1. The predicted molar refractivity (Wildman–Crippen MR) is 80.0 cm³/mol. The monoisotopic (exact) mass is 337 g/mol. The highest BCUT2D eigenvalue weighted by Crippen LogP contribution is 2.28. The fourth-order valence-corrected chi connectivity index (χ4v) is 2.95. The van der Waals surface area contributed by atoms with E-state index in [2.05, 4.69) is 26.2 Å². The molecule has 1 fully saturated rings. The Morgan fingerprint density at radius 3 is 3.10 bits per heavy atom. The van der Waals surface area contributed by atoms with Crippen LogP contribution in [0.4, 0.5) is 0 Å². The minimum atomic E-state index is -0.578. The van der Waals surface area contributed by atoms with E-state index in [1.165, 1.54) is 0 Å². The number of pyridine rings is 1. The molecule has 0 amide bonds. The molecule has 3 heterocycles. The van der Waals surface area contributed by atoms with E-state index in [1.807, 2.05) is 19.1 Å². The van der Waals surface area contributed by atoms with Crippen LogP contribution in [0.25, 0.3) is 5.65 Å². The van der Waals surface area contributed by atoms with Gasteiger partial charge in [-0.15, -0.1) is 0 Å². The third kappa shape index (κ3) is 2.17. The molecule has 0 saturated carbocycles. The molecule has 6 heteroatoms. The molecule has 2 aromatic rings. The van der Waals surface area contributed by atoms with E-state index >= 15 is 0 Å². The number of fused-ring (bicyclic) bond motifs is 1. The van der Waals surface area contributed by atoms with Crippen LogP contribution in [0.5, 0.6) is 0 Å². The van der Waals surface area contributed by atoms with Crippen LogP contribution >= 0.6 is 15.9 Å². The summed E-state index contributed by atoms with van der Waals surface area (Å²) in [6, 6.07) is 3.68. The zero-order valence-electron chi connectivity index (χ0n) is 11.2.